The normalized spacial score (nSPS) is 18.2. The summed E-state index contributed by atoms with van der Waals surface area (Å²) < 4.78 is 0. The van der Waals surface area contributed by atoms with Gasteiger partial charge in [0.05, 0.1) is 5.57 Å². The Morgan fingerprint density at radius 1 is 1.23 bits per heavy atom. The average Bonchev–Trinajstić information content (AvgIpc) is 2.01. The number of allylic oxidation sites excluding steroid dienone is 2. The van der Waals surface area contributed by atoms with Crippen molar-refractivity contribution in [3.8, 4) is 0 Å². The Labute approximate surface area is 75.2 Å². The summed E-state index contributed by atoms with van der Waals surface area (Å²) in [6.45, 7) is 3.32. The van der Waals surface area contributed by atoms with Crippen molar-refractivity contribution < 1.29 is 19.8 Å². The van der Waals surface area contributed by atoms with Gasteiger partial charge in [0, 0.05) is 6.08 Å². The number of hydrogen-bond donors (Lipinski definition) is 2. The fourth-order valence-electron chi connectivity index (χ4n) is 1.17. The summed E-state index contributed by atoms with van der Waals surface area (Å²) in [4.78, 5) is 22.2. The second-order valence-electron chi connectivity index (χ2n) is 3.14. The third-order valence-electron chi connectivity index (χ3n) is 1.81. The van der Waals surface area contributed by atoms with Gasteiger partial charge < -0.3 is 10.2 Å². The Kier molecular flexibility index (Phi) is 2.23. The van der Waals surface area contributed by atoms with Crippen LogP contribution in [0.15, 0.2) is 23.2 Å². The van der Waals surface area contributed by atoms with Crippen LogP contribution in [-0.4, -0.2) is 21.8 Å². The van der Waals surface area contributed by atoms with Crippen molar-refractivity contribution in [3.05, 3.63) is 23.2 Å². The van der Waals surface area contributed by atoms with Crippen LogP contribution in [0.4, 0.5) is 0 Å². The highest BCUT2D eigenvalue weighted by Crippen LogP contribution is 2.22. The quantitative estimate of drug-likeness (QED) is 0.594. The van der Waals surface area contributed by atoms with Crippen LogP contribution < -0.4 is 0 Å². The third-order valence-corrected chi connectivity index (χ3v) is 1.81. The second-order valence-corrected chi connectivity index (χ2v) is 3.14. The third kappa shape index (κ3) is 1.47. The minimum absolute atomic E-state index is 0.0231. The molecule has 0 bridgehead atoms. The minimum Gasteiger partial charge on any atom is -0.504 e. The maximum Gasteiger partial charge on any atom is 0.227 e. The molecule has 13 heavy (non-hydrogen) atoms. The predicted molar refractivity (Wildman–Crippen MR) is 45.2 cm³/mol. The van der Waals surface area contributed by atoms with Gasteiger partial charge in [0.2, 0.25) is 11.6 Å². The number of carbonyl (C=O) groups is 2. The summed E-state index contributed by atoms with van der Waals surface area (Å²) in [7, 11) is 0. The molecule has 2 N–H and O–H groups in total. The number of hydrogen-bond acceptors (Lipinski definition) is 4. The lowest BCUT2D eigenvalue weighted by Crippen LogP contribution is -2.22. The molecule has 1 aliphatic carbocycles. The predicted octanol–water partition coefficient (Wildman–Crippen LogP) is 1.05. The molecule has 0 aromatic carbocycles. The number of Topliss-reactive ketones (excluding diaryl/α,β-unsaturated/α-hetero) is 1. The molecule has 0 aromatic rings. The molecule has 1 rings (SSSR count). The first kappa shape index (κ1) is 9.51. The number of aliphatic hydroxyl groups is 2. The van der Waals surface area contributed by atoms with Crippen molar-refractivity contribution in [1.29, 1.82) is 0 Å². The zero-order chi connectivity index (χ0) is 10.2. The first-order chi connectivity index (χ1) is 5.95. The highest BCUT2D eigenvalue weighted by molar-refractivity contribution is 6.20. The van der Waals surface area contributed by atoms with Crippen LogP contribution in [0, 0.1) is 5.92 Å². The molecule has 0 radical (unpaired) electrons. The van der Waals surface area contributed by atoms with E-state index in [2.05, 4.69) is 0 Å². The lowest BCUT2D eigenvalue weighted by atomic mass is 9.91. The van der Waals surface area contributed by atoms with Crippen LogP contribution in [-0.2, 0) is 9.59 Å². The summed E-state index contributed by atoms with van der Waals surface area (Å²) in [6, 6.07) is 0. The molecule has 1 aliphatic rings. The van der Waals surface area contributed by atoms with Crippen molar-refractivity contribution in [3.63, 3.8) is 0 Å². The van der Waals surface area contributed by atoms with Gasteiger partial charge in [-0.05, 0) is 5.92 Å². The lowest BCUT2D eigenvalue weighted by Gasteiger charge is -2.14. The van der Waals surface area contributed by atoms with Crippen LogP contribution in [0.1, 0.15) is 13.8 Å². The first-order valence-electron chi connectivity index (χ1n) is 3.88. The van der Waals surface area contributed by atoms with E-state index in [1.54, 1.807) is 13.8 Å². The fourth-order valence-corrected chi connectivity index (χ4v) is 1.17. The van der Waals surface area contributed by atoms with E-state index in [0.717, 1.165) is 6.08 Å². The molecule has 0 amide bonds. The van der Waals surface area contributed by atoms with Crippen molar-refractivity contribution in [1.82, 2.24) is 0 Å². The maximum atomic E-state index is 11.2. The summed E-state index contributed by atoms with van der Waals surface area (Å²) >= 11 is 0. The molecular weight excluding hydrogens is 172 g/mol. The van der Waals surface area contributed by atoms with E-state index in [1.165, 1.54) is 0 Å². The fraction of sp³-hybridized carbons (Fsp3) is 0.333. The molecular formula is C9H10O4. The van der Waals surface area contributed by atoms with Gasteiger partial charge in [0.25, 0.3) is 0 Å². The first-order valence-corrected chi connectivity index (χ1v) is 3.88. The van der Waals surface area contributed by atoms with Crippen molar-refractivity contribution >= 4 is 11.6 Å². The molecule has 0 aliphatic heterocycles. The van der Waals surface area contributed by atoms with Crippen molar-refractivity contribution in [2.24, 2.45) is 5.92 Å². The number of carbonyl (C=O) groups excluding carboxylic acids is 2. The van der Waals surface area contributed by atoms with Gasteiger partial charge in [-0.3, -0.25) is 9.59 Å². The van der Waals surface area contributed by atoms with E-state index in [9.17, 15) is 14.7 Å². The SMILES string of the molecule is CC(C)C1=C(O)C(=O)C=C(O)C1=O. The van der Waals surface area contributed by atoms with Crippen molar-refractivity contribution in [2.45, 2.75) is 13.8 Å². The van der Waals surface area contributed by atoms with E-state index < -0.39 is 23.1 Å². The van der Waals surface area contributed by atoms with Crippen LogP contribution in [0.2, 0.25) is 0 Å². The second kappa shape index (κ2) is 3.05. The molecule has 0 fully saturated rings. The Balaban J connectivity index is 3.23. The minimum atomic E-state index is -0.721. The van der Waals surface area contributed by atoms with Gasteiger partial charge in [0.15, 0.2) is 11.5 Å². The van der Waals surface area contributed by atoms with Crippen LogP contribution in [0.3, 0.4) is 0 Å². The Hall–Kier alpha value is -1.58. The highest BCUT2D eigenvalue weighted by Gasteiger charge is 2.29. The average molecular weight is 182 g/mol. The number of ketones is 2. The van der Waals surface area contributed by atoms with Crippen LogP contribution in [0.5, 0.6) is 0 Å². The van der Waals surface area contributed by atoms with Gasteiger partial charge in [-0.25, -0.2) is 0 Å². The topological polar surface area (TPSA) is 74.6 Å². The molecule has 0 saturated heterocycles. The van der Waals surface area contributed by atoms with E-state index in [4.69, 9.17) is 5.11 Å². The molecule has 0 aromatic heterocycles. The maximum absolute atomic E-state index is 11.2. The molecule has 0 heterocycles. The monoisotopic (exact) mass is 182 g/mol. The van der Waals surface area contributed by atoms with E-state index in [-0.39, 0.29) is 11.5 Å². The lowest BCUT2D eigenvalue weighted by molar-refractivity contribution is -0.119. The van der Waals surface area contributed by atoms with Gasteiger partial charge >= 0.3 is 0 Å². The van der Waals surface area contributed by atoms with Gasteiger partial charge in [-0.2, -0.15) is 0 Å². The molecule has 0 unspecified atom stereocenters. The molecule has 4 nitrogen and oxygen atoms in total. The molecule has 70 valence electrons. The van der Waals surface area contributed by atoms with Gasteiger partial charge in [-0.15, -0.1) is 0 Å². The number of rotatable bonds is 1. The summed E-state index contributed by atoms with van der Waals surface area (Å²) in [5.74, 6) is -2.84. The van der Waals surface area contributed by atoms with Gasteiger partial charge in [-0.1, -0.05) is 13.8 Å². The van der Waals surface area contributed by atoms with Crippen LogP contribution in [0.25, 0.3) is 0 Å². The molecule has 0 spiro atoms. The zero-order valence-corrected chi connectivity index (χ0v) is 7.37. The molecule has 0 atom stereocenters. The van der Waals surface area contributed by atoms with Gasteiger partial charge in [0.1, 0.15) is 0 Å². The Morgan fingerprint density at radius 2 is 1.77 bits per heavy atom. The summed E-state index contributed by atoms with van der Waals surface area (Å²) in [6.07, 6.45) is 0.726. The van der Waals surface area contributed by atoms with Crippen LogP contribution >= 0.6 is 0 Å². The van der Waals surface area contributed by atoms with E-state index in [0.29, 0.717) is 0 Å². The van der Waals surface area contributed by atoms with E-state index >= 15 is 0 Å². The molecule has 0 saturated carbocycles. The van der Waals surface area contributed by atoms with Crippen molar-refractivity contribution in [2.75, 3.05) is 0 Å². The standard InChI is InChI=1S/C9H10O4/c1-4(2)7-8(12)5(10)3-6(11)9(7)13/h3-4,10,13H,1-2H3. The van der Waals surface area contributed by atoms with E-state index in [1.807, 2.05) is 0 Å². The largest absolute Gasteiger partial charge is 0.504 e. The Morgan fingerprint density at radius 3 is 2.23 bits per heavy atom. The Bertz CT molecular complexity index is 334. The zero-order valence-electron chi connectivity index (χ0n) is 7.37. The highest BCUT2D eigenvalue weighted by atomic mass is 16.3. The summed E-state index contributed by atoms with van der Waals surface area (Å²) in [5, 5.41) is 18.3. The molecule has 4 heteroatoms. The summed E-state index contributed by atoms with van der Waals surface area (Å²) in [5.41, 5.74) is -0.0231. The number of aliphatic hydroxyl groups excluding tert-OH is 2. The smallest absolute Gasteiger partial charge is 0.227 e.